The molecule has 6 rings (SSSR count). The molecular weight excluding hydrogens is 661 g/mol. The number of nitrogens with one attached hydrogen (secondary N) is 1. The summed E-state index contributed by atoms with van der Waals surface area (Å²) in [5.74, 6) is 0.653. The highest BCUT2D eigenvalue weighted by Gasteiger charge is 2.43. The summed E-state index contributed by atoms with van der Waals surface area (Å²) in [6.07, 6.45) is 1.63. The van der Waals surface area contributed by atoms with E-state index in [0.717, 1.165) is 41.2 Å². The Morgan fingerprint density at radius 2 is 1.61 bits per heavy atom. The van der Waals surface area contributed by atoms with Crippen molar-refractivity contribution in [2.75, 3.05) is 22.8 Å². The fourth-order valence-electron chi connectivity index (χ4n) is 7.78. The molecule has 1 N–H and O–H groups in total. The van der Waals surface area contributed by atoms with Crippen LogP contribution in [-0.4, -0.2) is 58.9 Å². The zero-order valence-corrected chi connectivity index (χ0v) is 32.1. The lowest BCUT2D eigenvalue weighted by molar-refractivity contribution is 0.0509. The van der Waals surface area contributed by atoms with Crippen LogP contribution in [0.3, 0.4) is 0 Å². The predicted molar refractivity (Wildman–Crippen MR) is 201 cm³/mol. The molecule has 2 aromatic heterocycles. The van der Waals surface area contributed by atoms with Crippen molar-refractivity contribution in [3.63, 3.8) is 0 Å². The number of benzene rings is 2. The van der Waals surface area contributed by atoms with Crippen LogP contribution in [0.25, 0.3) is 11.3 Å². The number of amides is 1. The van der Waals surface area contributed by atoms with Crippen LogP contribution in [-0.2, 0) is 16.6 Å². The van der Waals surface area contributed by atoms with Gasteiger partial charge in [-0.2, -0.15) is 4.98 Å². The minimum atomic E-state index is -4.17. The van der Waals surface area contributed by atoms with Crippen LogP contribution >= 0.6 is 0 Å². The van der Waals surface area contributed by atoms with Crippen LogP contribution < -0.4 is 14.4 Å². The number of carbonyl (C=O) groups excluding carboxylic acids is 1. The fourth-order valence-corrected chi connectivity index (χ4v) is 8.77. The molecule has 2 aliphatic heterocycles. The van der Waals surface area contributed by atoms with Gasteiger partial charge in [-0.1, -0.05) is 65.0 Å². The number of ether oxygens (including phenoxy) is 1. The van der Waals surface area contributed by atoms with Gasteiger partial charge in [0.15, 0.2) is 0 Å². The van der Waals surface area contributed by atoms with Crippen molar-refractivity contribution in [1.82, 2.24) is 19.9 Å². The molecule has 10 nitrogen and oxygen atoms in total. The first-order valence-electron chi connectivity index (χ1n) is 17.6. The Morgan fingerprint density at radius 3 is 2.27 bits per heavy atom. The van der Waals surface area contributed by atoms with Gasteiger partial charge in [0, 0.05) is 29.3 Å². The third-order valence-corrected chi connectivity index (χ3v) is 11.0. The zero-order chi connectivity index (χ0) is 36.9. The topological polar surface area (TPSA) is 118 Å². The number of anilines is 2. The maximum atomic E-state index is 14.6. The molecule has 0 unspecified atom stereocenters. The average molecular weight is 711 g/mol. The van der Waals surface area contributed by atoms with E-state index in [-0.39, 0.29) is 57.7 Å². The molecule has 0 spiro atoms. The van der Waals surface area contributed by atoms with Crippen LogP contribution in [0, 0.1) is 24.7 Å². The van der Waals surface area contributed by atoms with E-state index in [4.69, 9.17) is 9.72 Å². The van der Waals surface area contributed by atoms with Gasteiger partial charge in [0.25, 0.3) is 15.9 Å². The lowest BCUT2D eigenvalue weighted by Crippen LogP contribution is -2.45. The van der Waals surface area contributed by atoms with Crippen LogP contribution in [0.1, 0.15) is 88.5 Å². The van der Waals surface area contributed by atoms with E-state index < -0.39 is 16.1 Å². The molecule has 2 aliphatic rings. The first kappa shape index (κ1) is 36.3. The highest BCUT2D eigenvalue weighted by molar-refractivity contribution is 7.92. The molecule has 270 valence electrons. The first-order chi connectivity index (χ1) is 23.8. The summed E-state index contributed by atoms with van der Waals surface area (Å²) in [5, 5.41) is 0. The lowest BCUT2D eigenvalue weighted by Gasteiger charge is -2.36. The molecule has 11 heteroatoms. The van der Waals surface area contributed by atoms with Gasteiger partial charge in [-0.3, -0.25) is 4.79 Å². The second kappa shape index (κ2) is 13.2. The van der Waals surface area contributed by atoms with Crippen molar-refractivity contribution in [1.29, 1.82) is 0 Å². The maximum absolute atomic E-state index is 14.6. The number of hydrogen-bond acceptors (Lipinski definition) is 8. The number of aromatic nitrogens is 3. The van der Waals surface area contributed by atoms with Crippen LogP contribution in [0.4, 0.5) is 11.8 Å². The van der Waals surface area contributed by atoms with Crippen LogP contribution in [0.2, 0.25) is 0 Å². The average Bonchev–Trinajstić information content (AvgIpc) is 3.27. The molecular formula is C40H50N6O4S. The quantitative estimate of drug-likeness (QED) is 0.223. The molecule has 0 radical (unpaired) electrons. The normalized spacial score (nSPS) is 19.7. The summed E-state index contributed by atoms with van der Waals surface area (Å²) in [4.78, 5) is 33.0. The largest absolute Gasteiger partial charge is 0.475 e. The molecule has 4 bridgehead atoms. The number of hydrogen-bond donors (Lipinski definition) is 1. The number of fused-ring (bicyclic) bond motifs is 4. The standard InChI is InChI=1S/C40H50N6O4S/c1-26-13-10-14-27(2)35(26)32-20-34-43-37(42-32)44-51(48,49)31-17-11-15-28(19-31)36(47)45(30(23-50-34)21-38(3,4)5)22-29-16-12-18-33(41-29)46-25-39(6,7)24-40(46,8)9/h10-20,30H,21-25H2,1-9H3,(H,42,43,44)/t30-/m1/s1. The number of carbonyl (C=O) groups is 1. The molecule has 0 saturated carbocycles. The molecule has 4 heterocycles. The van der Waals surface area contributed by atoms with E-state index in [2.05, 4.69) is 68.1 Å². The van der Waals surface area contributed by atoms with Gasteiger partial charge < -0.3 is 14.5 Å². The molecule has 1 atom stereocenters. The second-order valence-electron chi connectivity index (χ2n) is 16.7. The number of rotatable bonds is 5. The highest BCUT2D eigenvalue weighted by Crippen LogP contribution is 2.43. The Labute approximate surface area is 302 Å². The smallest absolute Gasteiger partial charge is 0.264 e. The van der Waals surface area contributed by atoms with Gasteiger partial charge in [0.1, 0.15) is 12.4 Å². The summed E-state index contributed by atoms with van der Waals surface area (Å²) in [5.41, 5.74) is 4.23. The Bertz CT molecular complexity index is 2050. The molecule has 1 amide bonds. The van der Waals surface area contributed by atoms with E-state index in [1.54, 1.807) is 23.1 Å². The van der Waals surface area contributed by atoms with E-state index in [1.165, 1.54) is 12.1 Å². The Morgan fingerprint density at radius 1 is 0.922 bits per heavy atom. The highest BCUT2D eigenvalue weighted by atomic mass is 32.2. The molecule has 51 heavy (non-hydrogen) atoms. The summed E-state index contributed by atoms with van der Waals surface area (Å²) in [6, 6.07) is 19.4. The van der Waals surface area contributed by atoms with Crippen molar-refractivity contribution in [3.05, 3.63) is 89.1 Å². The summed E-state index contributed by atoms with van der Waals surface area (Å²) in [7, 11) is -4.17. The van der Waals surface area contributed by atoms with E-state index in [1.807, 2.05) is 50.2 Å². The fraction of sp³-hybridized carbons (Fsp3) is 0.450. The van der Waals surface area contributed by atoms with Crippen LogP contribution in [0.5, 0.6) is 5.88 Å². The summed E-state index contributed by atoms with van der Waals surface area (Å²) < 4.78 is 36.5. The van der Waals surface area contributed by atoms with Gasteiger partial charge in [-0.05, 0) is 92.8 Å². The molecule has 4 aromatic rings. The first-order valence-corrected chi connectivity index (χ1v) is 19.0. The second-order valence-corrected chi connectivity index (χ2v) is 18.4. The number of nitrogens with zero attached hydrogens (tertiary/aromatic N) is 5. The number of aryl methyl sites for hydroxylation is 2. The minimum absolute atomic E-state index is 0.0672. The van der Waals surface area contributed by atoms with Crippen molar-refractivity contribution in [2.24, 2.45) is 10.8 Å². The van der Waals surface area contributed by atoms with Crippen molar-refractivity contribution < 1.29 is 17.9 Å². The van der Waals surface area contributed by atoms with Gasteiger partial charge in [0.05, 0.1) is 28.9 Å². The van der Waals surface area contributed by atoms with E-state index >= 15 is 0 Å². The van der Waals surface area contributed by atoms with E-state index in [9.17, 15) is 13.2 Å². The molecule has 0 aliphatic carbocycles. The third kappa shape index (κ3) is 8.03. The Kier molecular flexibility index (Phi) is 9.41. The van der Waals surface area contributed by atoms with Gasteiger partial charge >= 0.3 is 0 Å². The minimum Gasteiger partial charge on any atom is -0.475 e. The number of pyridine rings is 1. The lowest BCUT2D eigenvalue weighted by atomic mass is 9.86. The van der Waals surface area contributed by atoms with Crippen molar-refractivity contribution in [2.45, 2.75) is 98.2 Å². The zero-order valence-electron chi connectivity index (χ0n) is 31.2. The Hall–Kier alpha value is -4.51. The van der Waals surface area contributed by atoms with Crippen molar-refractivity contribution in [3.8, 4) is 17.1 Å². The van der Waals surface area contributed by atoms with Crippen LogP contribution in [0.15, 0.2) is 71.6 Å². The van der Waals surface area contributed by atoms with Crippen molar-refractivity contribution >= 4 is 27.7 Å². The predicted octanol–water partition coefficient (Wildman–Crippen LogP) is 7.81. The molecule has 2 aromatic carbocycles. The SMILES string of the molecule is Cc1cccc(C)c1-c1cc2nc(n1)NS(=O)(=O)c1cccc(c1)C(=O)N(Cc1cccc(N3CC(C)(C)CC3(C)C)n1)[C@H](CC(C)(C)C)CO2. The third-order valence-electron chi connectivity index (χ3n) is 9.66. The maximum Gasteiger partial charge on any atom is 0.264 e. The summed E-state index contributed by atoms with van der Waals surface area (Å²) >= 11 is 0. The van der Waals surface area contributed by atoms with Gasteiger partial charge in [-0.25, -0.2) is 23.1 Å². The monoisotopic (exact) mass is 710 g/mol. The Balaban J connectivity index is 1.46. The van der Waals surface area contributed by atoms with Gasteiger partial charge in [-0.15, -0.1) is 0 Å². The molecule has 1 fully saturated rings. The van der Waals surface area contributed by atoms with E-state index in [0.29, 0.717) is 12.1 Å². The van der Waals surface area contributed by atoms with Gasteiger partial charge in [0.2, 0.25) is 11.8 Å². The number of sulfonamides is 1. The summed E-state index contributed by atoms with van der Waals surface area (Å²) in [6.45, 7) is 20.6. The molecule has 1 saturated heterocycles.